The van der Waals surface area contributed by atoms with Crippen molar-refractivity contribution in [2.45, 2.75) is 13.5 Å². The summed E-state index contributed by atoms with van der Waals surface area (Å²) in [7, 11) is 0. The van der Waals surface area contributed by atoms with Gasteiger partial charge in [-0.25, -0.2) is 0 Å². The van der Waals surface area contributed by atoms with E-state index in [0.29, 0.717) is 42.9 Å². The molecular weight excluding hydrogens is 413 g/mol. The van der Waals surface area contributed by atoms with Gasteiger partial charge in [-0.2, -0.15) is 4.98 Å². The topological polar surface area (TPSA) is 88.5 Å². The molecule has 7 nitrogen and oxygen atoms in total. The van der Waals surface area contributed by atoms with E-state index >= 15 is 0 Å². The number of amides is 1. The van der Waals surface area contributed by atoms with Crippen molar-refractivity contribution in [3.8, 4) is 11.4 Å². The van der Waals surface area contributed by atoms with Crippen LogP contribution < -0.4 is 5.73 Å². The third kappa shape index (κ3) is 6.05. The predicted molar refractivity (Wildman–Crippen MR) is 109 cm³/mol. The van der Waals surface area contributed by atoms with Gasteiger partial charge in [0.1, 0.15) is 0 Å². The highest BCUT2D eigenvalue weighted by Crippen LogP contribution is 2.19. The predicted octanol–water partition coefficient (Wildman–Crippen LogP) is 2.47. The van der Waals surface area contributed by atoms with Gasteiger partial charge in [-0.15, -0.1) is 24.8 Å². The fourth-order valence-corrected chi connectivity index (χ4v) is 2.89. The van der Waals surface area contributed by atoms with Gasteiger partial charge in [-0.3, -0.25) is 9.69 Å². The second-order valence-electron chi connectivity index (χ2n) is 6.26. The smallest absolute Gasteiger partial charge is 0.241 e. The molecule has 0 radical (unpaired) electrons. The molecule has 3 rings (SSSR count). The standard InChI is InChI=1S/C17H22ClN5O2.2ClH/c1-12(10-19)17(24)23-8-6-22(7-9-23)11-15-20-16(21-25-15)13-2-4-14(18)5-3-13;;/h2-5,12H,6-11,19H2,1H3;2*1H. The third-order valence-corrected chi connectivity index (χ3v) is 4.64. The molecule has 0 aliphatic carbocycles. The maximum Gasteiger partial charge on any atom is 0.241 e. The van der Waals surface area contributed by atoms with Crippen molar-refractivity contribution >= 4 is 42.3 Å². The molecule has 27 heavy (non-hydrogen) atoms. The van der Waals surface area contributed by atoms with E-state index in [2.05, 4.69) is 15.0 Å². The van der Waals surface area contributed by atoms with Crippen LogP contribution in [0.4, 0.5) is 0 Å². The molecule has 1 aliphatic heterocycles. The first kappa shape index (κ1) is 23.7. The van der Waals surface area contributed by atoms with Crippen molar-refractivity contribution in [3.05, 3.63) is 35.2 Å². The van der Waals surface area contributed by atoms with Gasteiger partial charge in [0.25, 0.3) is 0 Å². The molecule has 10 heteroatoms. The second-order valence-corrected chi connectivity index (χ2v) is 6.69. The zero-order valence-electron chi connectivity index (χ0n) is 15.0. The molecule has 1 saturated heterocycles. The molecule has 2 heterocycles. The minimum atomic E-state index is -0.121. The van der Waals surface area contributed by atoms with Gasteiger partial charge in [0.05, 0.1) is 6.54 Å². The molecule has 1 aromatic heterocycles. The molecule has 1 amide bonds. The monoisotopic (exact) mass is 435 g/mol. The lowest BCUT2D eigenvalue weighted by atomic mass is 10.1. The third-order valence-electron chi connectivity index (χ3n) is 4.39. The highest BCUT2D eigenvalue weighted by Gasteiger charge is 2.25. The Hall–Kier alpha value is -1.38. The lowest BCUT2D eigenvalue weighted by molar-refractivity contribution is -0.136. The van der Waals surface area contributed by atoms with E-state index in [9.17, 15) is 4.79 Å². The van der Waals surface area contributed by atoms with Crippen LogP contribution in [0.15, 0.2) is 28.8 Å². The van der Waals surface area contributed by atoms with Crippen LogP contribution in [-0.4, -0.2) is 58.6 Å². The lowest BCUT2D eigenvalue weighted by Crippen LogP contribution is -2.50. The van der Waals surface area contributed by atoms with E-state index < -0.39 is 0 Å². The summed E-state index contributed by atoms with van der Waals surface area (Å²) in [5.74, 6) is 1.13. The van der Waals surface area contributed by atoms with Gasteiger partial charge in [-0.1, -0.05) is 23.7 Å². The number of hydrogen-bond acceptors (Lipinski definition) is 6. The number of hydrogen-bond donors (Lipinski definition) is 1. The first-order valence-electron chi connectivity index (χ1n) is 8.36. The molecule has 1 atom stereocenters. The Bertz CT molecular complexity index is 718. The fourth-order valence-electron chi connectivity index (χ4n) is 2.77. The number of benzene rings is 1. The molecule has 150 valence electrons. The zero-order valence-corrected chi connectivity index (χ0v) is 17.4. The van der Waals surface area contributed by atoms with Crippen molar-refractivity contribution in [1.29, 1.82) is 0 Å². The van der Waals surface area contributed by atoms with Gasteiger partial charge >= 0.3 is 0 Å². The molecule has 2 aromatic rings. The van der Waals surface area contributed by atoms with Gasteiger partial charge in [0.2, 0.25) is 17.6 Å². The summed E-state index contributed by atoms with van der Waals surface area (Å²) in [5, 5.41) is 4.69. The van der Waals surface area contributed by atoms with Crippen molar-refractivity contribution in [1.82, 2.24) is 19.9 Å². The average Bonchev–Trinajstić information content (AvgIpc) is 3.10. The molecule has 1 aromatic carbocycles. The maximum atomic E-state index is 12.2. The van der Waals surface area contributed by atoms with Gasteiger partial charge < -0.3 is 15.2 Å². The first-order valence-corrected chi connectivity index (χ1v) is 8.74. The molecule has 1 aliphatic rings. The first-order chi connectivity index (χ1) is 12.1. The van der Waals surface area contributed by atoms with E-state index in [-0.39, 0.29) is 36.6 Å². The molecule has 2 N–H and O–H groups in total. The van der Waals surface area contributed by atoms with Crippen molar-refractivity contribution in [3.63, 3.8) is 0 Å². The molecule has 0 saturated carbocycles. The minimum absolute atomic E-state index is 0. The summed E-state index contributed by atoms with van der Waals surface area (Å²) in [5.41, 5.74) is 6.44. The van der Waals surface area contributed by atoms with Crippen LogP contribution >= 0.6 is 36.4 Å². The van der Waals surface area contributed by atoms with Crippen LogP contribution in [0.5, 0.6) is 0 Å². The number of carbonyl (C=O) groups is 1. The van der Waals surface area contributed by atoms with Crippen LogP contribution in [-0.2, 0) is 11.3 Å². The Labute approximate surface area is 176 Å². The largest absolute Gasteiger partial charge is 0.340 e. The van der Waals surface area contributed by atoms with E-state index in [1.807, 2.05) is 24.0 Å². The van der Waals surface area contributed by atoms with Crippen molar-refractivity contribution in [2.75, 3.05) is 32.7 Å². The fraction of sp³-hybridized carbons (Fsp3) is 0.471. The molecule has 1 unspecified atom stereocenters. The van der Waals surface area contributed by atoms with Crippen molar-refractivity contribution < 1.29 is 9.32 Å². The van der Waals surface area contributed by atoms with Crippen LogP contribution in [0.3, 0.4) is 0 Å². The Kier molecular flexibility index (Phi) is 9.49. The summed E-state index contributed by atoms with van der Waals surface area (Å²) in [6.07, 6.45) is 0. The Balaban J connectivity index is 0.00000182. The minimum Gasteiger partial charge on any atom is -0.340 e. The summed E-state index contributed by atoms with van der Waals surface area (Å²) in [6.45, 7) is 5.78. The Morgan fingerprint density at radius 2 is 1.85 bits per heavy atom. The summed E-state index contributed by atoms with van der Waals surface area (Å²) in [4.78, 5) is 20.7. The zero-order chi connectivity index (χ0) is 17.8. The average molecular weight is 437 g/mol. The van der Waals surface area contributed by atoms with Gasteiger partial charge in [0, 0.05) is 49.2 Å². The van der Waals surface area contributed by atoms with Crippen LogP contribution in [0, 0.1) is 5.92 Å². The lowest BCUT2D eigenvalue weighted by Gasteiger charge is -2.35. The number of rotatable bonds is 5. The Morgan fingerprint density at radius 1 is 1.22 bits per heavy atom. The number of halogens is 3. The SMILES string of the molecule is CC(CN)C(=O)N1CCN(Cc2nc(-c3ccc(Cl)cc3)no2)CC1.Cl.Cl. The summed E-state index contributed by atoms with van der Waals surface area (Å²) < 4.78 is 5.35. The molecule has 0 spiro atoms. The number of aromatic nitrogens is 2. The van der Waals surface area contributed by atoms with Crippen LogP contribution in [0.1, 0.15) is 12.8 Å². The number of piperazine rings is 1. The maximum absolute atomic E-state index is 12.2. The number of nitrogens with two attached hydrogens (primary N) is 1. The quantitative estimate of drug-likeness (QED) is 0.774. The highest BCUT2D eigenvalue weighted by molar-refractivity contribution is 6.30. The summed E-state index contributed by atoms with van der Waals surface area (Å²) in [6, 6.07) is 7.32. The Morgan fingerprint density at radius 3 is 2.44 bits per heavy atom. The van der Waals surface area contributed by atoms with E-state index in [1.165, 1.54) is 0 Å². The van der Waals surface area contributed by atoms with E-state index in [1.54, 1.807) is 12.1 Å². The summed E-state index contributed by atoms with van der Waals surface area (Å²) >= 11 is 5.89. The van der Waals surface area contributed by atoms with Crippen molar-refractivity contribution in [2.24, 2.45) is 11.7 Å². The number of nitrogens with zero attached hydrogens (tertiary/aromatic N) is 4. The van der Waals surface area contributed by atoms with Crippen LogP contribution in [0.2, 0.25) is 5.02 Å². The van der Waals surface area contributed by atoms with E-state index in [0.717, 1.165) is 18.7 Å². The van der Waals surface area contributed by atoms with Crippen LogP contribution in [0.25, 0.3) is 11.4 Å². The van der Waals surface area contributed by atoms with E-state index in [4.69, 9.17) is 21.9 Å². The molecule has 1 fully saturated rings. The molecular formula is C17H24Cl3N5O2. The molecule has 0 bridgehead atoms. The van der Waals surface area contributed by atoms with Gasteiger partial charge in [0.15, 0.2) is 0 Å². The normalized spacial score (nSPS) is 15.6. The second kappa shape index (κ2) is 10.8. The number of carbonyl (C=O) groups excluding carboxylic acids is 1. The van der Waals surface area contributed by atoms with Gasteiger partial charge in [-0.05, 0) is 24.3 Å². The highest BCUT2D eigenvalue weighted by atomic mass is 35.5.